The maximum Gasteiger partial charge on any atom is 0.261 e. The van der Waals surface area contributed by atoms with Gasteiger partial charge in [0.2, 0.25) is 0 Å². The summed E-state index contributed by atoms with van der Waals surface area (Å²) in [5.41, 5.74) is 1.41. The van der Waals surface area contributed by atoms with Crippen LogP contribution in [0.1, 0.15) is 23.2 Å². The van der Waals surface area contributed by atoms with E-state index in [1.165, 1.54) is 35.6 Å². The summed E-state index contributed by atoms with van der Waals surface area (Å²) in [6.45, 7) is 1.02. The van der Waals surface area contributed by atoms with Gasteiger partial charge >= 0.3 is 0 Å². The average molecular weight is 542 g/mol. The molecule has 4 aromatic rings. The van der Waals surface area contributed by atoms with E-state index in [1.54, 1.807) is 24.1 Å². The smallest absolute Gasteiger partial charge is 0.261 e. The number of benzene rings is 3. The molecule has 0 spiro atoms. The highest BCUT2D eigenvalue weighted by Crippen LogP contribution is 2.33. The second kappa shape index (κ2) is 10.4. The van der Waals surface area contributed by atoms with Crippen LogP contribution in [0.25, 0.3) is 10.2 Å². The van der Waals surface area contributed by atoms with E-state index < -0.39 is 15.8 Å². The standard InChI is InChI=1S/C26H24FN3O5S2/c1-34-20-10-13-23-24(15-20)36-26(28-23)30(16-21-3-2-14-35-21)25(31)17-4-8-19(9-5-17)29-37(32,33)22-11-6-18(27)7-12-22/h4-13,15,21,29H,2-3,14,16H2,1H3. The summed E-state index contributed by atoms with van der Waals surface area (Å²) in [5, 5.41) is 0.546. The Morgan fingerprint density at radius 2 is 1.92 bits per heavy atom. The van der Waals surface area contributed by atoms with Crippen LogP contribution in [0.15, 0.2) is 71.6 Å². The number of carbonyl (C=O) groups excluding carboxylic acids is 1. The van der Waals surface area contributed by atoms with E-state index >= 15 is 0 Å². The number of methoxy groups -OCH3 is 1. The molecule has 1 amide bonds. The molecule has 3 aromatic carbocycles. The van der Waals surface area contributed by atoms with Gasteiger partial charge in [0, 0.05) is 17.9 Å². The molecule has 0 saturated carbocycles. The molecular formula is C26H24FN3O5S2. The van der Waals surface area contributed by atoms with E-state index in [0.29, 0.717) is 29.6 Å². The number of anilines is 2. The molecule has 1 aliphatic rings. The maximum absolute atomic E-state index is 13.6. The van der Waals surface area contributed by atoms with Gasteiger partial charge in [-0.1, -0.05) is 11.3 Å². The van der Waals surface area contributed by atoms with Crippen LogP contribution >= 0.6 is 11.3 Å². The molecule has 11 heteroatoms. The number of amides is 1. The summed E-state index contributed by atoms with van der Waals surface area (Å²) >= 11 is 1.39. The van der Waals surface area contributed by atoms with Gasteiger partial charge < -0.3 is 9.47 Å². The Morgan fingerprint density at radius 3 is 2.59 bits per heavy atom. The highest BCUT2D eigenvalue weighted by atomic mass is 32.2. The number of sulfonamides is 1. The summed E-state index contributed by atoms with van der Waals surface area (Å²) in [6.07, 6.45) is 1.70. The van der Waals surface area contributed by atoms with Crippen LogP contribution in [-0.4, -0.2) is 45.7 Å². The number of hydrogen-bond donors (Lipinski definition) is 1. The predicted octanol–water partition coefficient (Wildman–Crippen LogP) is 5.07. The van der Waals surface area contributed by atoms with Crippen molar-refractivity contribution < 1.29 is 27.1 Å². The Kier molecular flexibility index (Phi) is 7.09. The average Bonchev–Trinajstić information content (AvgIpc) is 3.56. The van der Waals surface area contributed by atoms with Crippen molar-refractivity contribution in [3.8, 4) is 5.75 Å². The molecule has 1 aromatic heterocycles. The first-order valence-electron chi connectivity index (χ1n) is 11.6. The SMILES string of the molecule is COc1ccc2nc(N(CC3CCCO3)C(=O)c3ccc(NS(=O)(=O)c4ccc(F)cc4)cc3)sc2c1. The van der Waals surface area contributed by atoms with Crippen LogP contribution in [0.2, 0.25) is 0 Å². The molecule has 1 aliphatic heterocycles. The minimum atomic E-state index is -3.91. The Hall–Kier alpha value is -3.54. The zero-order chi connectivity index (χ0) is 26.0. The normalized spacial score (nSPS) is 15.6. The monoisotopic (exact) mass is 541 g/mol. The van der Waals surface area contributed by atoms with Crippen molar-refractivity contribution in [1.29, 1.82) is 0 Å². The molecule has 1 N–H and O–H groups in total. The van der Waals surface area contributed by atoms with Crippen molar-refractivity contribution in [3.05, 3.63) is 78.1 Å². The molecule has 5 rings (SSSR count). The largest absolute Gasteiger partial charge is 0.497 e. The Morgan fingerprint density at radius 1 is 1.16 bits per heavy atom. The van der Waals surface area contributed by atoms with Crippen LogP contribution in [0, 0.1) is 5.82 Å². The number of hydrogen-bond acceptors (Lipinski definition) is 7. The highest BCUT2D eigenvalue weighted by molar-refractivity contribution is 7.92. The lowest BCUT2D eigenvalue weighted by Crippen LogP contribution is -2.37. The van der Waals surface area contributed by atoms with Gasteiger partial charge in [-0.05, 0) is 79.6 Å². The Labute approximate surface area is 217 Å². The third-order valence-corrected chi connectivity index (χ3v) is 8.42. The van der Waals surface area contributed by atoms with Crippen molar-refractivity contribution in [3.63, 3.8) is 0 Å². The molecule has 1 fully saturated rings. The van der Waals surface area contributed by atoms with Gasteiger partial charge in [0.15, 0.2) is 5.13 Å². The van der Waals surface area contributed by atoms with Crippen molar-refractivity contribution in [2.24, 2.45) is 0 Å². The molecule has 1 atom stereocenters. The van der Waals surface area contributed by atoms with E-state index in [-0.39, 0.29) is 22.6 Å². The van der Waals surface area contributed by atoms with Crippen molar-refractivity contribution in [2.75, 3.05) is 29.9 Å². The quantitative estimate of drug-likeness (QED) is 0.335. The number of halogens is 1. The molecule has 8 nitrogen and oxygen atoms in total. The lowest BCUT2D eigenvalue weighted by Gasteiger charge is -2.23. The lowest BCUT2D eigenvalue weighted by atomic mass is 10.1. The van der Waals surface area contributed by atoms with Crippen LogP contribution in [-0.2, 0) is 14.8 Å². The molecule has 192 valence electrons. The molecule has 1 saturated heterocycles. The van der Waals surface area contributed by atoms with Crippen LogP contribution in [0.4, 0.5) is 15.2 Å². The van der Waals surface area contributed by atoms with Gasteiger partial charge in [0.1, 0.15) is 11.6 Å². The van der Waals surface area contributed by atoms with E-state index in [4.69, 9.17) is 9.47 Å². The zero-order valence-corrected chi connectivity index (χ0v) is 21.5. The third kappa shape index (κ3) is 5.58. The topological polar surface area (TPSA) is 97.8 Å². The number of nitrogens with one attached hydrogen (secondary N) is 1. The summed E-state index contributed by atoms with van der Waals surface area (Å²) in [5.74, 6) is -0.0884. The van der Waals surface area contributed by atoms with Gasteiger partial charge in [-0.3, -0.25) is 14.4 Å². The van der Waals surface area contributed by atoms with Crippen LogP contribution < -0.4 is 14.4 Å². The minimum Gasteiger partial charge on any atom is -0.497 e. The van der Waals surface area contributed by atoms with E-state index in [0.717, 1.165) is 35.2 Å². The number of nitrogens with zero attached hydrogens (tertiary/aromatic N) is 2. The Balaban J connectivity index is 1.39. The molecule has 1 unspecified atom stereocenters. The van der Waals surface area contributed by atoms with Crippen LogP contribution in [0.3, 0.4) is 0 Å². The second-order valence-corrected chi connectivity index (χ2v) is 11.2. The number of aromatic nitrogens is 1. The molecule has 0 radical (unpaired) electrons. The number of fused-ring (bicyclic) bond motifs is 1. The predicted molar refractivity (Wildman–Crippen MR) is 140 cm³/mol. The molecule has 0 aliphatic carbocycles. The Bertz CT molecular complexity index is 1520. The first-order valence-corrected chi connectivity index (χ1v) is 13.9. The van der Waals surface area contributed by atoms with Crippen molar-refractivity contribution in [2.45, 2.75) is 23.8 Å². The fourth-order valence-electron chi connectivity index (χ4n) is 4.04. The van der Waals surface area contributed by atoms with Crippen molar-refractivity contribution >= 4 is 48.3 Å². The third-order valence-electron chi connectivity index (χ3n) is 5.98. The van der Waals surface area contributed by atoms with E-state index in [1.807, 2.05) is 18.2 Å². The number of carbonyl (C=O) groups is 1. The minimum absolute atomic E-state index is 0.0655. The summed E-state index contributed by atoms with van der Waals surface area (Å²) in [7, 11) is -2.31. The van der Waals surface area contributed by atoms with Crippen LogP contribution in [0.5, 0.6) is 5.75 Å². The van der Waals surface area contributed by atoms with Gasteiger partial charge in [-0.2, -0.15) is 0 Å². The number of rotatable bonds is 8. The molecular weight excluding hydrogens is 517 g/mol. The van der Waals surface area contributed by atoms with Gasteiger partial charge in [-0.15, -0.1) is 0 Å². The highest BCUT2D eigenvalue weighted by Gasteiger charge is 2.27. The van der Waals surface area contributed by atoms with Crippen molar-refractivity contribution in [1.82, 2.24) is 4.98 Å². The molecule has 37 heavy (non-hydrogen) atoms. The van der Waals surface area contributed by atoms with Gasteiger partial charge in [-0.25, -0.2) is 17.8 Å². The summed E-state index contributed by atoms with van der Waals surface area (Å²) in [4.78, 5) is 19.8. The number of thiazole rings is 1. The number of ether oxygens (including phenoxy) is 2. The van der Waals surface area contributed by atoms with Gasteiger partial charge in [0.05, 0.1) is 34.9 Å². The van der Waals surface area contributed by atoms with E-state index in [2.05, 4.69) is 9.71 Å². The first kappa shape index (κ1) is 25.1. The summed E-state index contributed by atoms with van der Waals surface area (Å²) in [6, 6.07) is 16.2. The second-order valence-electron chi connectivity index (χ2n) is 8.52. The van der Waals surface area contributed by atoms with E-state index in [9.17, 15) is 17.6 Å². The fourth-order valence-corrected chi connectivity index (χ4v) is 6.10. The van der Waals surface area contributed by atoms with Gasteiger partial charge in [0.25, 0.3) is 15.9 Å². The first-order chi connectivity index (χ1) is 17.8. The zero-order valence-electron chi connectivity index (χ0n) is 19.9. The molecule has 2 heterocycles. The summed E-state index contributed by atoms with van der Waals surface area (Å²) < 4.78 is 52.8. The lowest BCUT2D eigenvalue weighted by molar-refractivity contribution is 0.0917. The fraction of sp³-hybridized carbons (Fsp3) is 0.231. The molecule has 0 bridgehead atoms. The maximum atomic E-state index is 13.6.